The third-order valence-electron chi connectivity index (χ3n) is 5.16. The zero-order chi connectivity index (χ0) is 25.2. The standard InChI is InChI=1S/C24H19F5N4O2/c1-13-9-14(7-8-30-23-21-16(25)4-5-17(26)22(21)31-12-32-23)3-6-18(13)35-20-11-15(24(27,28)29)10-19(33-20)34-2/h3-6,9-12H,7-8H2,1-2H3,(H,30,31,32). The molecule has 0 amide bonds. The Morgan fingerprint density at radius 2 is 1.69 bits per heavy atom. The van der Waals surface area contributed by atoms with Crippen LogP contribution in [0.1, 0.15) is 16.7 Å². The Bertz CT molecular complexity index is 1380. The third-order valence-corrected chi connectivity index (χ3v) is 5.16. The van der Waals surface area contributed by atoms with Gasteiger partial charge in [-0.15, -0.1) is 0 Å². The van der Waals surface area contributed by atoms with E-state index in [9.17, 15) is 22.0 Å². The van der Waals surface area contributed by atoms with Gasteiger partial charge in [0, 0.05) is 18.7 Å². The summed E-state index contributed by atoms with van der Waals surface area (Å²) >= 11 is 0. The zero-order valence-corrected chi connectivity index (χ0v) is 18.6. The molecule has 182 valence electrons. The maximum absolute atomic E-state index is 14.2. The molecule has 4 aromatic rings. The number of fused-ring (bicyclic) bond motifs is 1. The van der Waals surface area contributed by atoms with Crippen LogP contribution < -0.4 is 14.8 Å². The van der Waals surface area contributed by atoms with E-state index < -0.39 is 23.4 Å². The molecule has 0 aliphatic rings. The molecule has 0 aliphatic heterocycles. The second-order valence-electron chi connectivity index (χ2n) is 7.59. The van der Waals surface area contributed by atoms with E-state index in [0.29, 0.717) is 24.3 Å². The molecule has 2 aromatic heterocycles. The van der Waals surface area contributed by atoms with Crippen LogP contribution in [0, 0.1) is 18.6 Å². The SMILES string of the molecule is COc1cc(C(F)(F)F)cc(Oc2ccc(CCNc3ncnc4c(F)ccc(F)c34)cc2C)n1. The van der Waals surface area contributed by atoms with Crippen molar-refractivity contribution in [2.75, 3.05) is 19.0 Å². The van der Waals surface area contributed by atoms with Gasteiger partial charge in [0.1, 0.15) is 35.0 Å². The van der Waals surface area contributed by atoms with Gasteiger partial charge in [-0.1, -0.05) is 12.1 Å². The molecule has 0 aliphatic carbocycles. The highest BCUT2D eigenvalue weighted by Gasteiger charge is 2.32. The summed E-state index contributed by atoms with van der Waals surface area (Å²) in [4.78, 5) is 11.7. The number of anilines is 1. The number of pyridine rings is 1. The number of ether oxygens (including phenoxy) is 2. The largest absolute Gasteiger partial charge is 0.481 e. The molecule has 2 aromatic carbocycles. The lowest BCUT2D eigenvalue weighted by Crippen LogP contribution is -2.08. The normalized spacial score (nSPS) is 11.5. The van der Waals surface area contributed by atoms with Crippen LogP contribution in [0.3, 0.4) is 0 Å². The van der Waals surface area contributed by atoms with Gasteiger partial charge >= 0.3 is 6.18 Å². The summed E-state index contributed by atoms with van der Waals surface area (Å²) < 4.78 is 78.0. The summed E-state index contributed by atoms with van der Waals surface area (Å²) in [6.07, 6.45) is -2.93. The van der Waals surface area contributed by atoms with E-state index in [4.69, 9.17) is 9.47 Å². The van der Waals surface area contributed by atoms with Crippen molar-refractivity contribution < 1.29 is 31.4 Å². The number of hydrogen-bond donors (Lipinski definition) is 1. The summed E-state index contributed by atoms with van der Waals surface area (Å²) in [6, 6.07) is 8.78. The van der Waals surface area contributed by atoms with Crippen molar-refractivity contribution in [3.63, 3.8) is 0 Å². The Morgan fingerprint density at radius 1 is 0.943 bits per heavy atom. The minimum absolute atomic E-state index is 0.0311. The smallest absolute Gasteiger partial charge is 0.416 e. The lowest BCUT2D eigenvalue weighted by Gasteiger charge is -2.13. The summed E-state index contributed by atoms with van der Waals surface area (Å²) in [6.45, 7) is 2.10. The number of rotatable bonds is 7. The van der Waals surface area contributed by atoms with Gasteiger partial charge < -0.3 is 14.8 Å². The lowest BCUT2D eigenvalue weighted by molar-refractivity contribution is -0.137. The second kappa shape index (κ2) is 9.69. The molecular formula is C24H19F5N4O2. The molecule has 35 heavy (non-hydrogen) atoms. The Hall–Kier alpha value is -4.02. The first-order valence-electron chi connectivity index (χ1n) is 10.4. The second-order valence-corrected chi connectivity index (χ2v) is 7.59. The monoisotopic (exact) mass is 490 g/mol. The van der Waals surface area contributed by atoms with E-state index in [2.05, 4.69) is 20.3 Å². The zero-order valence-electron chi connectivity index (χ0n) is 18.6. The molecule has 11 heteroatoms. The van der Waals surface area contributed by atoms with Crippen LogP contribution in [-0.4, -0.2) is 28.6 Å². The Kier molecular flexibility index (Phi) is 6.68. The Labute approximate surface area is 196 Å². The van der Waals surface area contributed by atoms with E-state index in [1.54, 1.807) is 25.1 Å². The highest BCUT2D eigenvalue weighted by molar-refractivity contribution is 5.89. The first-order valence-corrected chi connectivity index (χ1v) is 10.4. The number of methoxy groups -OCH3 is 1. The molecule has 0 fully saturated rings. The Morgan fingerprint density at radius 3 is 2.40 bits per heavy atom. The minimum atomic E-state index is -4.58. The molecule has 0 atom stereocenters. The van der Waals surface area contributed by atoms with Gasteiger partial charge in [-0.2, -0.15) is 18.2 Å². The topological polar surface area (TPSA) is 69.2 Å². The fourth-order valence-corrected chi connectivity index (χ4v) is 3.46. The van der Waals surface area contributed by atoms with Gasteiger partial charge in [0.2, 0.25) is 11.8 Å². The molecule has 0 unspecified atom stereocenters. The highest BCUT2D eigenvalue weighted by Crippen LogP contribution is 2.35. The summed E-state index contributed by atoms with van der Waals surface area (Å²) in [7, 11) is 1.22. The number of hydrogen-bond acceptors (Lipinski definition) is 6. The van der Waals surface area contributed by atoms with Crippen LogP contribution in [0.15, 0.2) is 48.8 Å². The number of aromatic nitrogens is 3. The number of benzene rings is 2. The van der Waals surface area contributed by atoms with E-state index >= 15 is 0 Å². The van der Waals surface area contributed by atoms with Gasteiger partial charge in [0.25, 0.3) is 0 Å². The maximum Gasteiger partial charge on any atom is 0.416 e. The first kappa shape index (κ1) is 24.1. The molecular weight excluding hydrogens is 471 g/mol. The summed E-state index contributed by atoms with van der Waals surface area (Å²) in [5.41, 5.74) is 0.496. The lowest BCUT2D eigenvalue weighted by atomic mass is 10.1. The van der Waals surface area contributed by atoms with Crippen molar-refractivity contribution in [2.45, 2.75) is 19.5 Å². The molecule has 1 N–H and O–H groups in total. The van der Waals surface area contributed by atoms with Crippen LogP contribution in [0.5, 0.6) is 17.5 Å². The molecule has 4 rings (SSSR count). The number of alkyl halides is 3. The van der Waals surface area contributed by atoms with Crippen LogP contribution >= 0.6 is 0 Å². The van der Waals surface area contributed by atoms with Crippen molar-refractivity contribution in [1.82, 2.24) is 15.0 Å². The molecule has 0 saturated carbocycles. The van der Waals surface area contributed by atoms with Gasteiger partial charge in [0.05, 0.1) is 18.1 Å². The van der Waals surface area contributed by atoms with Gasteiger partial charge in [-0.05, 0) is 42.7 Å². The fraction of sp³-hybridized carbons (Fsp3) is 0.208. The van der Waals surface area contributed by atoms with Gasteiger partial charge in [-0.3, -0.25) is 0 Å². The van der Waals surface area contributed by atoms with Gasteiger partial charge in [-0.25, -0.2) is 18.7 Å². The maximum atomic E-state index is 14.2. The summed E-state index contributed by atoms with van der Waals surface area (Å²) in [5.74, 6) is -1.25. The first-order chi connectivity index (χ1) is 16.7. The third kappa shape index (κ3) is 5.39. The van der Waals surface area contributed by atoms with Crippen molar-refractivity contribution in [3.8, 4) is 17.5 Å². The van der Waals surface area contributed by atoms with Crippen LogP contribution in [-0.2, 0) is 12.6 Å². The van der Waals surface area contributed by atoms with Crippen LogP contribution in [0.25, 0.3) is 10.9 Å². The number of halogens is 5. The van der Waals surface area contributed by atoms with E-state index in [1.165, 1.54) is 7.11 Å². The fourth-order valence-electron chi connectivity index (χ4n) is 3.46. The molecule has 0 radical (unpaired) electrons. The van der Waals surface area contributed by atoms with Crippen molar-refractivity contribution >= 4 is 16.7 Å². The Balaban J connectivity index is 1.46. The molecule has 2 heterocycles. The van der Waals surface area contributed by atoms with Gasteiger partial charge in [0.15, 0.2) is 0 Å². The number of nitrogens with zero attached hydrogens (tertiary/aromatic N) is 3. The summed E-state index contributed by atoms with van der Waals surface area (Å²) in [5, 5.41) is 2.96. The molecule has 0 spiro atoms. The van der Waals surface area contributed by atoms with Crippen molar-refractivity contribution in [1.29, 1.82) is 0 Å². The predicted molar refractivity (Wildman–Crippen MR) is 119 cm³/mol. The number of aryl methyl sites for hydroxylation is 1. The minimum Gasteiger partial charge on any atom is -0.481 e. The van der Waals surface area contributed by atoms with E-state index in [0.717, 1.165) is 36.2 Å². The average Bonchev–Trinajstić information content (AvgIpc) is 2.82. The van der Waals surface area contributed by atoms with Crippen LogP contribution in [0.2, 0.25) is 0 Å². The number of nitrogens with one attached hydrogen (secondary N) is 1. The van der Waals surface area contributed by atoms with E-state index in [-0.39, 0.29) is 28.5 Å². The van der Waals surface area contributed by atoms with E-state index in [1.807, 2.05) is 0 Å². The molecule has 0 saturated heterocycles. The molecule has 0 bridgehead atoms. The molecule has 6 nitrogen and oxygen atoms in total. The van der Waals surface area contributed by atoms with Crippen molar-refractivity contribution in [2.24, 2.45) is 0 Å². The highest BCUT2D eigenvalue weighted by atomic mass is 19.4. The predicted octanol–water partition coefficient (Wildman–Crippen LogP) is 6.09. The van der Waals surface area contributed by atoms with Crippen molar-refractivity contribution in [3.05, 3.63) is 77.1 Å². The van der Waals surface area contributed by atoms with Crippen LogP contribution in [0.4, 0.5) is 27.8 Å². The quantitative estimate of drug-likeness (QED) is 0.317. The average molecular weight is 490 g/mol.